The number of rotatable bonds is 6. The monoisotopic (exact) mass is 327 g/mol. The Balaban J connectivity index is 2.23. The third-order valence-corrected chi connectivity index (χ3v) is 4.95. The molecular weight excluding hydrogens is 306 g/mol. The molecule has 0 fully saturated rings. The van der Waals surface area contributed by atoms with Crippen molar-refractivity contribution in [1.29, 1.82) is 0 Å². The lowest BCUT2D eigenvalue weighted by Gasteiger charge is -2.16. The molecule has 1 aromatic rings. The fourth-order valence-corrected chi connectivity index (χ4v) is 3.74. The second-order valence-electron chi connectivity index (χ2n) is 6.04. The van der Waals surface area contributed by atoms with Crippen molar-refractivity contribution in [3.05, 3.63) is 23.8 Å². The van der Waals surface area contributed by atoms with Crippen LogP contribution in [0, 0.1) is 5.92 Å². The Bertz CT molecular complexity index is 669. The molecule has 6 nitrogen and oxygen atoms in total. The van der Waals surface area contributed by atoms with Crippen LogP contribution >= 0.6 is 0 Å². The predicted octanol–water partition coefficient (Wildman–Crippen LogP) is 1.79. The number of nitrogens with one attached hydrogen (secondary N) is 1. The average molecular weight is 327 g/mol. The minimum atomic E-state index is -3.88. The van der Waals surface area contributed by atoms with E-state index in [1.54, 1.807) is 12.1 Å². The third kappa shape index (κ3) is 3.78. The Morgan fingerprint density at radius 2 is 2.14 bits per heavy atom. The Morgan fingerprint density at radius 1 is 1.45 bits per heavy atom. The van der Waals surface area contributed by atoms with Gasteiger partial charge in [-0.1, -0.05) is 13.8 Å². The van der Waals surface area contributed by atoms with E-state index in [1.807, 2.05) is 20.8 Å². The molecule has 1 aromatic carbocycles. The summed E-state index contributed by atoms with van der Waals surface area (Å²) in [5.41, 5.74) is 0.825. The van der Waals surface area contributed by atoms with Gasteiger partial charge in [0.1, 0.15) is 17.9 Å². The average Bonchev–Trinajstić information content (AvgIpc) is 2.75. The highest BCUT2D eigenvalue weighted by atomic mass is 32.2. The van der Waals surface area contributed by atoms with Crippen LogP contribution in [-0.2, 0) is 21.2 Å². The van der Waals surface area contributed by atoms with E-state index < -0.39 is 22.0 Å². The van der Waals surface area contributed by atoms with Crippen molar-refractivity contribution in [2.75, 3.05) is 0 Å². The van der Waals surface area contributed by atoms with Crippen LogP contribution in [0.4, 0.5) is 0 Å². The van der Waals surface area contributed by atoms with Crippen LogP contribution in [0.25, 0.3) is 0 Å². The molecule has 1 aliphatic heterocycles. The van der Waals surface area contributed by atoms with Crippen molar-refractivity contribution in [3.63, 3.8) is 0 Å². The van der Waals surface area contributed by atoms with Gasteiger partial charge in [-0.25, -0.2) is 8.42 Å². The summed E-state index contributed by atoms with van der Waals surface area (Å²) in [5, 5.41) is 9.18. The predicted molar refractivity (Wildman–Crippen MR) is 81.4 cm³/mol. The van der Waals surface area contributed by atoms with E-state index in [0.717, 1.165) is 5.56 Å². The minimum absolute atomic E-state index is 0.0219. The number of ether oxygens (including phenoxy) is 1. The van der Waals surface area contributed by atoms with Crippen molar-refractivity contribution in [1.82, 2.24) is 4.72 Å². The number of fused-ring (bicyclic) bond motifs is 1. The highest BCUT2D eigenvalue weighted by Crippen LogP contribution is 2.30. The van der Waals surface area contributed by atoms with E-state index in [9.17, 15) is 18.3 Å². The fraction of sp³-hybridized carbons (Fsp3) is 0.533. The van der Waals surface area contributed by atoms with Gasteiger partial charge in [0.05, 0.1) is 4.90 Å². The summed E-state index contributed by atoms with van der Waals surface area (Å²) in [7, 11) is -3.88. The summed E-state index contributed by atoms with van der Waals surface area (Å²) in [6.45, 7) is 5.60. The van der Waals surface area contributed by atoms with Gasteiger partial charge in [0, 0.05) is 6.42 Å². The lowest BCUT2D eigenvalue weighted by molar-refractivity contribution is -0.139. The summed E-state index contributed by atoms with van der Waals surface area (Å²) in [6.07, 6.45) is 0.904. The van der Waals surface area contributed by atoms with Gasteiger partial charge in [0.25, 0.3) is 0 Å². The molecule has 0 aliphatic carbocycles. The molecule has 1 heterocycles. The SMILES string of the molecule is CC(C)C[C@@H](NS(=O)(=O)c1ccc2c(c1)CC(C)O2)C(=O)O. The van der Waals surface area contributed by atoms with Gasteiger partial charge in [-0.15, -0.1) is 0 Å². The van der Waals surface area contributed by atoms with Crippen molar-refractivity contribution < 1.29 is 23.1 Å². The molecule has 0 spiro atoms. The van der Waals surface area contributed by atoms with Gasteiger partial charge in [0.15, 0.2) is 0 Å². The second-order valence-corrected chi connectivity index (χ2v) is 7.76. The smallest absolute Gasteiger partial charge is 0.321 e. The maximum atomic E-state index is 12.4. The fourth-order valence-electron chi connectivity index (χ4n) is 2.49. The maximum Gasteiger partial charge on any atom is 0.321 e. The second kappa shape index (κ2) is 6.26. The Morgan fingerprint density at radius 3 is 2.73 bits per heavy atom. The van der Waals surface area contributed by atoms with Crippen LogP contribution in [-0.4, -0.2) is 31.6 Å². The molecule has 0 radical (unpaired) electrons. The largest absolute Gasteiger partial charge is 0.490 e. The highest BCUT2D eigenvalue weighted by molar-refractivity contribution is 7.89. The standard InChI is InChI=1S/C15H21NO5S/c1-9(2)6-13(15(17)18)16-22(19,20)12-4-5-14-11(8-12)7-10(3)21-14/h4-5,8-10,13,16H,6-7H2,1-3H3,(H,17,18)/t10?,13-/m1/s1. The number of hydrogen-bond acceptors (Lipinski definition) is 4. The van der Waals surface area contributed by atoms with E-state index in [1.165, 1.54) is 6.07 Å². The van der Waals surface area contributed by atoms with Gasteiger partial charge in [-0.2, -0.15) is 4.72 Å². The van der Waals surface area contributed by atoms with Crippen LogP contribution in [0.1, 0.15) is 32.8 Å². The molecule has 0 saturated carbocycles. The molecule has 122 valence electrons. The number of hydrogen-bond donors (Lipinski definition) is 2. The Kier molecular flexibility index (Phi) is 4.77. The van der Waals surface area contributed by atoms with Gasteiger partial charge < -0.3 is 9.84 Å². The lowest BCUT2D eigenvalue weighted by Crippen LogP contribution is -2.41. The quantitative estimate of drug-likeness (QED) is 0.831. The number of benzene rings is 1. The molecule has 22 heavy (non-hydrogen) atoms. The van der Waals surface area contributed by atoms with Gasteiger partial charge in [-0.05, 0) is 43.0 Å². The van der Waals surface area contributed by atoms with E-state index in [4.69, 9.17) is 4.74 Å². The number of sulfonamides is 1. The van der Waals surface area contributed by atoms with Crippen LogP contribution in [0.15, 0.2) is 23.1 Å². The van der Waals surface area contributed by atoms with Crippen molar-refractivity contribution in [3.8, 4) is 5.75 Å². The van der Waals surface area contributed by atoms with Crippen molar-refractivity contribution in [2.24, 2.45) is 5.92 Å². The summed E-state index contributed by atoms with van der Waals surface area (Å²) in [4.78, 5) is 11.3. The summed E-state index contributed by atoms with van der Waals surface area (Å²) >= 11 is 0. The Hall–Kier alpha value is -1.60. The highest BCUT2D eigenvalue weighted by Gasteiger charge is 2.28. The van der Waals surface area contributed by atoms with E-state index in [2.05, 4.69) is 4.72 Å². The molecule has 7 heteroatoms. The van der Waals surface area contributed by atoms with Crippen LogP contribution < -0.4 is 9.46 Å². The Labute approximate surface area is 130 Å². The molecule has 2 N–H and O–H groups in total. The third-order valence-electron chi connectivity index (χ3n) is 3.48. The number of carboxylic acids is 1. The van der Waals surface area contributed by atoms with Gasteiger partial charge in [0.2, 0.25) is 10.0 Å². The molecule has 0 bridgehead atoms. The summed E-state index contributed by atoms with van der Waals surface area (Å²) in [5.74, 6) is -0.420. The minimum Gasteiger partial charge on any atom is -0.490 e. The van der Waals surface area contributed by atoms with Crippen LogP contribution in [0.3, 0.4) is 0 Å². The topological polar surface area (TPSA) is 92.7 Å². The molecule has 2 atom stereocenters. The molecular formula is C15H21NO5S. The van der Waals surface area contributed by atoms with E-state index in [0.29, 0.717) is 12.2 Å². The number of aliphatic carboxylic acids is 1. The molecule has 0 saturated heterocycles. The first-order valence-electron chi connectivity index (χ1n) is 7.23. The first-order valence-corrected chi connectivity index (χ1v) is 8.72. The molecule has 0 amide bonds. The zero-order chi connectivity index (χ0) is 16.5. The first kappa shape index (κ1) is 16.8. The maximum absolute atomic E-state index is 12.4. The molecule has 1 unspecified atom stereocenters. The van der Waals surface area contributed by atoms with Gasteiger partial charge in [-0.3, -0.25) is 4.79 Å². The zero-order valence-corrected chi connectivity index (χ0v) is 13.7. The first-order chi connectivity index (χ1) is 10.2. The summed E-state index contributed by atoms with van der Waals surface area (Å²) in [6, 6.07) is 3.47. The zero-order valence-electron chi connectivity index (χ0n) is 12.9. The van der Waals surface area contributed by atoms with Crippen molar-refractivity contribution >= 4 is 16.0 Å². The van der Waals surface area contributed by atoms with Crippen LogP contribution in [0.5, 0.6) is 5.75 Å². The normalized spacial score (nSPS) is 18.8. The molecule has 2 rings (SSSR count). The number of carbonyl (C=O) groups is 1. The summed E-state index contributed by atoms with van der Waals surface area (Å²) < 4.78 is 32.6. The van der Waals surface area contributed by atoms with Crippen LogP contribution in [0.2, 0.25) is 0 Å². The lowest BCUT2D eigenvalue weighted by atomic mass is 10.1. The van der Waals surface area contributed by atoms with Crippen molar-refractivity contribution in [2.45, 2.75) is 50.7 Å². The number of carboxylic acid groups (broad SMARTS) is 1. The molecule has 1 aliphatic rings. The van der Waals surface area contributed by atoms with E-state index >= 15 is 0 Å². The molecule has 0 aromatic heterocycles. The van der Waals surface area contributed by atoms with E-state index in [-0.39, 0.29) is 23.3 Å². The van der Waals surface area contributed by atoms with Gasteiger partial charge >= 0.3 is 5.97 Å².